The van der Waals surface area contributed by atoms with Gasteiger partial charge in [-0.15, -0.1) is 0 Å². The van der Waals surface area contributed by atoms with Gasteiger partial charge < -0.3 is 20.3 Å². The zero-order valence-electron chi connectivity index (χ0n) is 10.4. The maximum Gasteiger partial charge on any atom is 0.323 e. The number of nitrogens with zero attached hydrogens (tertiary/aromatic N) is 3. The van der Waals surface area contributed by atoms with E-state index in [0.29, 0.717) is 18.8 Å². The van der Waals surface area contributed by atoms with Crippen molar-refractivity contribution in [3.8, 4) is 0 Å². The smallest absolute Gasteiger partial charge is 0.323 e. The van der Waals surface area contributed by atoms with Crippen molar-refractivity contribution in [3.05, 3.63) is 27.9 Å². The number of carbonyl (C=O) groups is 1. The summed E-state index contributed by atoms with van der Waals surface area (Å²) < 4.78 is 1.33. The van der Waals surface area contributed by atoms with Gasteiger partial charge in [-0.1, -0.05) is 0 Å². The molecule has 7 heteroatoms. The number of nitrogens with one attached hydrogen (secondary N) is 1. The van der Waals surface area contributed by atoms with Gasteiger partial charge in [-0.05, 0) is 17.9 Å². The maximum absolute atomic E-state index is 12.3. The standard InChI is InChI=1S/C11H16N4O3/c1-8-7-14(6-5-12-8)11(16)9-3-4-10(13(9)2)15(17)18/h3-4,8,12H,5-7H2,1-2H3/t8-/m0/s1. The zero-order chi connectivity index (χ0) is 13.3. The second-order valence-electron chi connectivity index (χ2n) is 4.50. The molecule has 98 valence electrons. The lowest BCUT2D eigenvalue weighted by Crippen LogP contribution is -2.51. The van der Waals surface area contributed by atoms with Crippen LogP contribution in [0.25, 0.3) is 0 Å². The van der Waals surface area contributed by atoms with Crippen LogP contribution in [-0.4, -0.2) is 46.0 Å². The van der Waals surface area contributed by atoms with Gasteiger partial charge in [0, 0.05) is 31.7 Å². The zero-order valence-corrected chi connectivity index (χ0v) is 10.4. The van der Waals surface area contributed by atoms with Crippen LogP contribution in [0.3, 0.4) is 0 Å². The molecule has 1 atom stereocenters. The maximum atomic E-state index is 12.3. The normalized spacial score (nSPS) is 19.9. The molecule has 0 saturated carbocycles. The Morgan fingerprint density at radius 1 is 1.56 bits per heavy atom. The minimum atomic E-state index is -0.489. The molecule has 1 aromatic rings. The van der Waals surface area contributed by atoms with Gasteiger partial charge >= 0.3 is 5.82 Å². The second-order valence-corrected chi connectivity index (χ2v) is 4.50. The van der Waals surface area contributed by atoms with Gasteiger partial charge in [-0.2, -0.15) is 0 Å². The van der Waals surface area contributed by atoms with E-state index in [1.165, 1.54) is 23.7 Å². The molecule has 1 saturated heterocycles. The van der Waals surface area contributed by atoms with Crippen LogP contribution in [0.1, 0.15) is 17.4 Å². The predicted molar refractivity (Wildman–Crippen MR) is 65.4 cm³/mol. The molecule has 1 aliphatic heterocycles. The first-order valence-electron chi connectivity index (χ1n) is 5.83. The van der Waals surface area contributed by atoms with Gasteiger partial charge in [-0.3, -0.25) is 4.79 Å². The highest BCUT2D eigenvalue weighted by molar-refractivity contribution is 5.93. The third kappa shape index (κ3) is 2.21. The topological polar surface area (TPSA) is 80.4 Å². The van der Waals surface area contributed by atoms with Crippen molar-refractivity contribution in [2.45, 2.75) is 13.0 Å². The Kier molecular flexibility index (Phi) is 3.33. The highest BCUT2D eigenvalue weighted by Gasteiger charge is 2.27. The average molecular weight is 252 g/mol. The lowest BCUT2D eigenvalue weighted by atomic mass is 10.2. The van der Waals surface area contributed by atoms with Crippen molar-refractivity contribution in [1.29, 1.82) is 0 Å². The number of nitro groups is 1. The molecule has 0 radical (unpaired) electrons. The molecule has 1 aliphatic rings. The summed E-state index contributed by atoms with van der Waals surface area (Å²) in [5.41, 5.74) is 0.357. The fourth-order valence-electron chi connectivity index (χ4n) is 2.18. The molecule has 0 bridgehead atoms. The summed E-state index contributed by atoms with van der Waals surface area (Å²) in [6, 6.07) is 3.12. The quantitative estimate of drug-likeness (QED) is 0.609. The highest BCUT2D eigenvalue weighted by Crippen LogP contribution is 2.17. The van der Waals surface area contributed by atoms with E-state index < -0.39 is 4.92 Å². The van der Waals surface area contributed by atoms with Crippen LogP contribution >= 0.6 is 0 Å². The molecule has 0 spiro atoms. The number of rotatable bonds is 2. The summed E-state index contributed by atoms with van der Waals surface area (Å²) in [5, 5.41) is 14.0. The Labute approximate surface area is 105 Å². The first kappa shape index (κ1) is 12.6. The Balaban J connectivity index is 2.21. The summed E-state index contributed by atoms with van der Waals surface area (Å²) in [6.07, 6.45) is 0. The van der Waals surface area contributed by atoms with Crippen molar-refractivity contribution in [2.75, 3.05) is 19.6 Å². The molecule has 1 N–H and O–H groups in total. The molecule has 2 rings (SSSR count). The van der Waals surface area contributed by atoms with E-state index in [1.807, 2.05) is 6.92 Å². The first-order chi connectivity index (χ1) is 8.50. The summed E-state index contributed by atoms with van der Waals surface area (Å²) in [5.74, 6) is -0.222. The number of hydrogen-bond donors (Lipinski definition) is 1. The predicted octanol–water partition coefficient (Wildman–Crippen LogP) is 0.367. The summed E-state index contributed by atoms with van der Waals surface area (Å²) >= 11 is 0. The van der Waals surface area contributed by atoms with Crippen molar-refractivity contribution in [3.63, 3.8) is 0 Å². The lowest BCUT2D eigenvalue weighted by molar-refractivity contribution is -0.391. The van der Waals surface area contributed by atoms with E-state index in [4.69, 9.17) is 0 Å². The molecule has 18 heavy (non-hydrogen) atoms. The molecular weight excluding hydrogens is 236 g/mol. The number of piperazine rings is 1. The molecule has 0 aliphatic carbocycles. The van der Waals surface area contributed by atoms with E-state index >= 15 is 0 Å². The third-order valence-corrected chi connectivity index (χ3v) is 3.16. The van der Waals surface area contributed by atoms with Crippen molar-refractivity contribution >= 4 is 11.7 Å². The summed E-state index contributed by atoms with van der Waals surface area (Å²) in [4.78, 5) is 24.2. The Hall–Kier alpha value is -1.89. The van der Waals surface area contributed by atoms with Gasteiger partial charge in [-0.25, -0.2) is 4.57 Å². The first-order valence-corrected chi connectivity index (χ1v) is 5.83. The third-order valence-electron chi connectivity index (χ3n) is 3.16. The Bertz CT molecular complexity index is 483. The molecule has 1 fully saturated rings. The minimum absolute atomic E-state index is 0.0680. The van der Waals surface area contributed by atoms with Gasteiger partial charge in [0.05, 0.1) is 7.05 Å². The highest BCUT2D eigenvalue weighted by atomic mass is 16.6. The van der Waals surface area contributed by atoms with E-state index in [9.17, 15) is 14.9 Å². The fourth-order valence-corrected chi connectivity index (χ4v) is 2.18. The van der Waals surface area contributed by atoms with Crippen LogP contribution in [0.2, 0.25) is 0 Å². The second kappa shape index (κ2) is 4.77. The molecule has 1 aromatic heterocycles. The van der Waals surface area contributed by atoms with Crippen molar-refractivity contribution < 1.29 is 9.72 Å². The molecular formula is C11H16N4O3. The van der Waals surface area contributed by atoms with Gasteiger partial charge in [0.1, 0.15) is 0 Å². The van der Waals surface area contributed by atoms with Crippen LogP contribution in [0.15, 0.2) is 12.1 Å². The summed E-state index contributed by atoms with van der Waals surface area (Å²) in [6.45, 7) is 4.01. The van der Waals surface area contributed by atoms with Gasteiger partial charge in [0.15, 0.2) is 5.69 Å². The van der Waals surface area contributed by atoms with Crippen molar-refractivity contribution in [2.24, 2.45) is 7.05 Å². The summed E-state index contributed by atoms with van der Waals surface area (Å²) in [7, 11) is 1.54. The lowest BCUT2D eigenvalue weighted by Gasteiger charge is -2.31. The molecule has 2 heterocycles. The van der Waals surface area contributed by atoms with Crippen LogP contribution in [0.5, 0.6) is 0 Å². The van der Waals surface area contributed by atoms with E-state index in [-0.39, 0.29) is 17.8 Å². The van der Waals surface area contributed by atoms with E-state index in [2.05, 4.69) is 5.32 Å². The van der Waals surface area contributed by atoms with Crippen LogP contribution in [0, 0.1) is 10.1 Å². The van der Waals surface area contributed by atoms with Crippen LogP contribution in [0.4, 0.5) is 5.82 Å². The van der Waals surface area contributed by atoms with Crippen molar-refractivity contribution in [1.82, 2.24) is 14.8 Å². The molecule has 7 nitrogen and oxygen atoms in total. The Morgan fingerprint density at radius 2 is 2.28 bits per heavy atom. The minimum Gasteiger partial charge on any atom is -0.358 e. The fraction of sp³-hybridized carbons (Fsp3) is 0.545. The monoisotopic (exact) mass is 252 g/mol. The number of amides is 1. The SMILES string of the molecule is C[C@H]1CN(C(=O)c2ccc([N+](=O)[O-])n2C)CCN1. The largest absolute Gasteiger partial charge is 0.358 e. The number of carbonyl (C=O) groups excluding carboxylic acids is 1. The number of aromatic nitrogens is 1. The van der Waals surface area contributed by atoms with Gasteiger partial charge in [0.2, 0.25) is 0 Å². The van der Waals surface area contributed by atoms with Crippen LogP contribution < -0.4 is 5.32 Å². The molecule has 1 amide bonds. The number of hydrogen-bond acceptors (Lipinski definition) is 4. The molecule has 0 aromatic carbocycles. The van der Waals surface area contributed by atoms with E-state index in [0.717, 1.165) is 6.54 Å². The van der Waals surface area contributed by atoms with E-state index in [1.54, 1.807) is 4.90 Å². The average Bonchev–Trinajstić information content (AvgIpc) is 2.70. The Morgan fingerprint density at radius 3 is 2.83 bits per heavy atom. The van der Waals surface area contributed by atoms with Crippen LogP contribution in [-0.2, 0) is 7.05 Å². The molecule has 0 unspecified atom stereocenters. The van der Waals surface area contributed by atoms with Gasteiger partial charge in [0.25, 0.3) is 5.91 Å².